The van der Waals surface area contributed by atoms with E-state index >= 15 is 0 Å². The zero-order valence-corrected chi connectivity index (χ0v) is 28.6. The van der Waals surface area contributed by atoms with Crippen molar-refractivity contribution < 1.29 is 22.1 Å². The average Bonchev–Trinajstić information content (AvgIpc) is 2.41. The van der Waals surface area contributed by atoms with E-state index in [9.17, 15) is 0 Å². The van der Waals surface area contributed by atoms with Crippen LogP contribution in [-0.2, 0) is 22.1 Å². The van der Waals surface area contributed by atoms with Crippen molar-refractivity contribution in [2.24, 2.45) is 0 Å². The van der Waals surface area contributed by atoms with Crippen LogP contribution in [-0.4, -0.2) is 72.6 Å². The van der Waals surface area contributed by atoms with Gasteiger partial charge in [0.2, 0.25) is 0 Å². The van der Waals surface area contributed by atoms with E-state index in [1.807, 2.05) is 0 Å². The molecule has 188 valence electrons. The van der Waals surface area contributed by atoms with Gasteiger partial charge in [0, 0.05) is 0 Å². The smallest absolute Gasteiger partial charge is 0.184 e. The fourth-order valence-corrected chi connectivity index (χ4v) is 8.48. The first-order chi connectivity index (χ1) is 13.4. The minimum Gasteiger partial charge on any atom is -0.415 e. The van der Waals surface area contributed by atoms with E-state index in [2.05, 4.69) is 105 Å². The Hall–Kier alpha value is 0.884. The Labute approximate surface area is 199 Å². The Kier molecular flexibility index (Phi) is 11.9. The minimum atomic E-state index is -1.89. The molecule has 0 heterocycles. The molecular formula is C21H54O5Si5. The van der Waals surface area contributed by atoms with Crippen molar-refractivity contribution >= 4 is 41.6 Å². The Bertz CT molecular complexity index is 527. The number of rotatable bonds is 14. The van der Waals surface area contributed by atoms with Crippen LogP contribution in [0, 0.1) is 0 Å². The average molecular weight is 527 g/mol. The van der Waals surface area contributed by atoms with Crippen molar-refractivity contribution in [1.29, 1.82) is 0 Å². The van der Waals surface area contributed by atoms with Crippen molar-refractivity contribution in [1.82, 2.24) is 0 Å². The summed E-state index contributed by atoms with van der Waals surface area (Å²) < 4.78 is 33.4. The van der Waals surface area contributed by atoms with E-state index in [1.165, 1.54) is 0 Å². The van der Waals surface area contributed by atoms with Gasteiger partial charge in [-0.05, 0) is 105 Å². The molecule has 0 aliphatic heterocycles. The number of hydrogen-bond acceptors (Lipinski definition) is 5. The minimum absolute atomic E-state index is 0.0700. The van der Waals surface area contributed by atoms with Crippen molar-refractivity contribution in [2.75, 3.05) is 6.61 Å². The third kappa shape index (κ3) is 17.0. The molecule has 0 fully saturated rings. The van der Waals surface area contributed by atoms with Crippen LogP contribution in [0.1, 0.15) is 6.92 Å². The summed E-state index contributed by atoms with van der Waals surface area (Å²) in [7, 11) is -9.08. The van der Waals surface area contributed by atoms with Gasteiger partial charge < -0.3 is 22.1 Å². The van der Waals surface area contributed by atoms with Gasteiger partial charge in [-0.15, -0.1) is 0 Å². The van der Waals surface area contributed by atoms with Crippen LogP contribution < -0.4 is 0 Å². The van der Waals surface area contributed by atoms with Crippen LogP contribution in [0.25, 0.3) is 0 Å². The fraction of sp³-hybridized carbons (Fsp3) is 1.00. The summed E-state index contributed by atoms with van der Waals surface area (Å²) in [4.78, 5) is 0. The zero-order chi connectivity index (χ0) is 25.1. The summed E-state index contributed by atoms with van der Waals surface area (Å²) in [6.07, 6.45) is -0.636. The third-order valence-corrected chi connectivity index (χ3v) is 8.94. The highest BCUT2D eigenvalue weighted by atomic mass is 28.4. The summed E-state index contributed by atoms with van der Waals surface area (Å²) in [5.41, 5.74) is 0. The molecule has 5 nitrogen and oxygen atoms in total. The van der Waals surface area contributed by atoms with Crippen LogP contribution >= 0.6 is 0 Å². The molecule has 10 heteroatoms. The normalized spacial score (nSPS) is 18.6. The molecule has 0 radical (unpaired) electrons. The second-order valence-electron chi connectivity index (χ2n) is 13.5. The lowest BCUT2D eigenvalue weighted by Gasteiger charge is -2.45. The highest BCUT2D eigenvalue weighted by Crippen LogP contribution is 2.28. The molecule has 0 aromatic rings. The number of hydrogen-bond donors (Lipinski definition) is 0. The monoisotopic (exact) mass is 526 g/mol. The van der Waals surface area contributed by atoms with E-state index in [1.54, 1.807) is 0 Å². The molecule has 0 aliphatic carbocycles. The maximum absolute atomic E-state index is 6.86. The van der Waals surface area contributed by atoms with Gasteiger partial charge >= 0.3 is 0 Å². The summed E-state index contributed by atoms with van der Waals surface area (Å²) >= 11 is 0. The van der Waals surface area contributed by atoms with Gasteiger partial charge in [-0.25, -0.2) is 0 Å². The van der Waals surface area contributed by atoms with Gasteiger partial charge in [-0.3, -0.25) is 0 Å². The van der Waals surface area contributed by atoms with Crippen molar-refractivity contribution in [3.8, 4) is 0 Å². The van der Waals surface area contributed by atoms with Gasteiger partial charge in [0.15, 0.2) is 41.6 Å². The molecule has 0 rings (SSSR count). The molecule has 0 aromatic heterocycles. The van der Waals surface area contributed by atoms with E-state index in [0.717, 1.165) is 0 Å². The van der Waals surface area contributed by atoms with Gasteiger partial charge in [-0.2, -0.15) is 0 Å². The standard InChI is InChI=1S/C21H54O5Si5/c1-18(23-28(5,6)7)20(25-30(11,12)13)21(26-31(14,15)16)19(24-29(8,9)10)17-22-27(2,3)4/h18-21H,17H2,1-16H3/t18-,19+,20+,21+/m0/s1. The molecule has 0 bridgehead atoms. The predicted octanol–water partition coefficient (Wildman–Crippen LogP) is 6.74. The lowest BCUT2D eigenvalue weighted by molar-refractivity contribution is -0.0834. The van der Waals surface area contributed by atoms with E-state index in [0.29, 0.717) is 6.61 Å². The van der Waals surface area contributed by atoms with Gasteiger partial charge in [0.25, 0.3) is 0 Å². The second kappa shape index (κ2) is 11.5. The Morgan fingerprint density at radius 2 is 0.806 bits per heavy atom. The van der Waals surface area contributed by atoms with Gasteiger partial charge in [-0.1, -0.05) is 0 Å². The van der Waals surface area contributed by atoms with E-state index in [4.69, 9.17) is 22.1 Å². The fourth-order valence-electron chi connectivity index (χ4n) is 3.21. The summed E-state index contributed by atoms with van der Waals surface area (Å²) in [6, 6.07) is 0. The molecular weight excluding hydrogens is 473 g/mol. The van der Waals surface area contributed by atoms with Crippen molar-refractivity contribution in [3.05, 3.63) is 0 Å². The van der Waals surface area contributed by atoms with Crippen LogP contribution in [0.4, 0.5) is 0 Å². The van der Waals surface area contributed by atoms with Crippen LogP contribution in [0.3, 0.4) is 0 Å². The first-order valence-corrected chi connectivity index (χ1v) is 28.8. The first kappa shape index (κ1) is 31.9. The van der Waals surface area contributed by atoms with Crippen LogP contribution in [0.15, 0.2) is 0 Å². The Morgan fingerprint density at radius 1 is 0.452 bits per heavy atom. The topological polar surface area (TPSA) is 46.2 Å². The molecule has 0 aliphatic rings. The summed E-state index contributed by atoms with van der Waals surface area (Å²) in [5, 5.41) is 0. The quantitative estimate of drug-likeness (QED) is 0.235. The lowest BCUT2D eigenvalue weighted by atomic mass is 10.0. The SMILES string of the molecule is C[C@H](O[Si](C)(C)C)[C@@H](O[Si](C)(C)C)[C@H](O[Si](C)(C)C)[C@@H](CO[Si](C)(C)C)O[Si](C)(C)C. The van der Waals surface area contributed by atoms with Crippen molar-refractivity contribution in [3.63, 3.8) is 0 Å². The lowest BCUT2D eigenvalue weighted by Crippen LogP contribution is -2.59. The largest absolute Gasteiger partial charge is 0.415 e. The maximum Gasteiger partial charge on any atom is 0.184 e. The molecule has 31 heavy (non-hydrogen) atoms. The van der Waals surface area contributed by atoms with Gasteiger partial charge in [0.05, 0.1) is 31.0 Å². The maximum atomic E-state index is 6.86. The predicted molar refractivity (Wildman–Crippen MR) is 148 cm³/mol. The third-order valence-electron chi connectivity index (χ3n) is 3.86. The summed E-state index contributed by atoms with van der Waals surface area (Å²) in [5.74, 6) is 0. The molecule has 0 saturated carbocycles. The van der Waals surface area contributed by atoms with E-state index < -0.39 is 41.6 Å². The molecule has 4 atom stereocenters. The summed E-state index contributed by atoms with van der Waals surface area (Å²) in [6.45, 7) is 36.2. The molecule has 0 aromatic carbocycles. The molecule has 0 amide bonds. The second-order valence-corrected chi connectivity index (χ2v) is 35.9. The molecule has 0 spiro atoms. The van der Waals surface area contributed by atoms with Crippen molar-refractivity contribution in [2.45, 2.75) is 130 Å². The Balaban J connectivity index is 6.32. The molecule has 0 N–H and O–H groups in total. The highest BCUT2D eigenvalue weighted by molar-refractivity contribution is 6.71. The van der Waals surface area contributed by atoms with E-state index in [-0.39, 0.29) is 24.4 Å². The molecule has 0 unspecified atom stereocenters. The van der Waals surface area contributed by atoms with Crippen LogP contribution in [0.2, 0.25) is 98.2 Å². The van der Waals surface area contributed by atoms with Crippen LogP contribution in [0.5, 0.6) is 0 Å². The highest BCUT2D eigenvalue weighted by Gasteiger charge is 2.43. The Morgan fingerprint density at radius 3 is 1.13 bits per heavy atom. The van der Waals surface area contributed by atoms with Gasteiger partial charge in [0.1, 0.15) is 0 Å². The molecule has 0 saturated heterocycles. The first-order valence-electron chi connectivity index (χ1n) is 11.7. The zero-order valence-electron chi connectivity index (χ0n) is 23.6.